The molecule has 0 saturated heterocycles. The molecule has 0 amide bonds. The summed E-state index contributed by atoms with van der Waals surface area (Å²) in [6.07, 6.45) is 1.12. The summed E-state index contributed by atoms with van der Waals surface area (Å²) in [5.74, 6) is 1.67. The predicted molar refractivity (Wildman–Crippen MR) is 54.7 cm³/mol. The smallest absolute Gasteiger partial charge is 0.122 e. The van der Waals surface area contributed by atoms with Crippen LogP contribution in [0, 0.1) is 0 Å². The molecular weight excluding hydrogens is 186 g/mol. The van der Waals surface area contributed by atoms with Gasteiger partial charge in [-0.3, -0.25) is 0 Å². The molecule has 13 heavy (non-hydrogen) atoms. The molecule has 0 aromatic carbocycles. The van der Waals surface area contributed by atoms with Crippen molar-refractivity contribution in [2.24, 2.45) is 0 Å². The van der Waals surface area contributed by atoms with Crippen LogP contribution in [0.15, 0.2) is 11.1 Å². The number of aliphatic hydroxyl groups is 1. The van der Waals surface area contributed by atoms with E-state index in [1.807, 2.05) is 6.07 Å². The highest BCUT2D eigenvalue weighted by atomic mass is 32.2. The van der Waals surface area contributed by atoms with Crippen LogP contribution < -0.4 is 5.73 Å². The Morgan fingerprint density at radius 1 is 1.69 bits per heavy atom. The number of aliphatic hydroxyl groups excluding tert-OH is 1. The van der Waals surface area contributed by atoms with Crippen LogP contribution >= 0.6 is 11.8 Å². The van der Waals surface area contributed by atoms with E-state index in [9.17, 15) is 0 Å². The summed E-state index contributed by atoms with van der Waals surface area (Å²) in [6, 6.07) is 1.84. The number of anilines is 1. The number of nitrogen functional groups attached to an aromatic ring is 1. The van der Waals surface area contributed by atoms with Gasteiger partial charge in [0, 0.05) is 6.07 Å². The third-order valence-corrected chi connectivity index (χ3v) is 2.66. The lowest BCUT2D eigenvalue weighted by Crippen LogP contribution is -2.07. The Hall–Kier alpha value is -0.680. The maximum Gasteiger partial charge on any atom is 0.122 e. The second-order valence-electron chi connectivity index (χ2n) is 2.70. The Kier molecular flexibility index (Phi) is 4.11. The van der Waals surface area contributed by atoms with Gasteiger partial charge < -0.3 is 10.8 Å². The molecule has 1 aromatic rings. The molecule has 74 valence electrons. The van der Waals surface area contributed by atoms with E-state index in [-0.39, 0.29) is 6.61 Å². The van der Waals surface area contributed by atoms with E-state index < -0.39 is 0 Å². The summed E-state index contributed by atoms with van der Waals surface area (Å²) in [5.41, 5.74) is 5.68. The molecule has 0 atom stereocenters. The fraction of sp³-hybridized carbons (Fsp3) is 0.625. The highest BCUT2D eigenvalue weighted by molar-refractivity contribution is 7.99. The second kappa shape index (κ2) is 5.14. The molecule has 1 rings (SSSR count). The van der Waals surface area contributed by atoms with Crippen molar-refractivity contribution < 1.29 is 5.11 Å². The van der Waals surface area contributed by atoms with Gasteiger partial charge in [0.15, 0.2) is 0 Å². The molecule has 5 heteroatoms. The van der Waals surface area contributed by atoms with Crippen LogP contribution in [0.3, 0.4) is 0 Å². The molecule has 0 aliphatic rings. The van der Waals surface area contributed by atoms with Crippen LogP contribution in [-0.4, -0.2) is 27.2 Å². The topological polar surface area (TPSA) is 64.1 Å². The van der Waals surface area contributed by atoms with Crippen molar-refractivity contribution in [3.8, 4) is 0 Å². The molecule has 4 nitrogen and oxygen atoms in total. The van der Waals surface area contributed by atoms with Gasteiger partial charge in [0.05, 0.1) is 13.2 Å². The first-order valence-corrected chi connectivity index (χ1v) is 5.33. The Labute approximate surface area is 82.1 Å². The van der Waals surface area contributed by atoms with Crippen molar-refractivity contribution in [2.45, 2.75) is 24.9 Å². The van der Waals surface area contributed by atoms with Crippen molar-refractivity contribution >= 4 is 17.6 Å². The fourth-order valence-corrected chi connectivity index (χ4v) is 1.73. The van der Waals surface area contributed by atoms with Crippen molar-refractivity contribution in [3.63, 3.8) is 0 Å². The Bertz CT molecular complexity index is 262. The van der Waals surface area contributed by atoms with Gasteiger partial charge in [-0.25, -0.2) is 4.68 Å². The van der Waals surface area contributed by atoms with Gasteiger partial charge in [-0.2, -0.15) is 5.10 Å². The van der Waals surface area contributed by atoms with E-state index in [1.165, 1.54) is 0 Å². The fourth-order valence-electron chi connectivity index (χ4n) is 0.958. The highest BCUT2D eigenvalue weighted by Gasteiger charge is 2.03. The lowest BCUT2D eigenvalue weighted by molar-refractivity contribution is 0.269. The van der Waals surface area contributed by atoms with Gasteiger partial charge in [-0.1, -0.05) is 6.92 Å². The SMILES string of the molecule is CCCSc1cc(N)n(CCO)n1. The van der Waals surface area contributed by atoms with Gasteiger partial charge in [0.1, 0.15) is 10.8 Å². The molecule has 1 aromatic heterocycles. The molecule has 0 fully saturated rings. The first-order chi connectivity index (χ1) is 6.27. The van der Waals surface area contributed by atoms with E-state index in [0.29, 0.717) is 12.4 Å². The monoisotopic (exact) mass is 201 g/mol. The molecule has 0 saturated carbocycles. The second-order valence-corrected chi connectivity index (χ2v) is 3.82. The zero-order valence-electron chi connectivity index (χ0n) is 7.73. The number of nitrogens with zero attached hydrogens (tertiary/aromatic N) is 2. The molecule has 3 N–H and O–H groups in total. The molecule has 0 aliphatic carbocycles. The largest absolute Gasteiger partial charge is 0.394 e. The molecular formula is C8H15N3OS. The van der Waals surface area contributed by atoms with Crippen molar-refractivity contribution in [3.05, 3.63) is 6.07 Å². The maximum absolute atomic E-state index is 8.71. The van der Waals surface area contributed by atoms with Crippen LogP contribution in [0.5, 0.6) is 0 Å². The summed E-state index contributed by atoms with van der Waals surface area (Å²) in [4.78, 5) is 0. The van der Waals surface area contributed by atoms with E-state index in [0.717, 1.165) is 17.2 Å². The van der Waals surface area contributed by atoms with Crippen molar-refractivity contribution in [1.29, 1.82) is 0 Å². The van der Waals surface area contributed by atoms with Crippen LogP contribution in [0.1, 0.15) is 13.3 Å². The lowest BCUT2D eigenvalue weighted by atomic mass is 10.6. The van der Waals surface area contributed by atoms with Gasteiger partial charge in [-0.05, 0) is 12.2 Å². The van der Waals surface area contributed by atoms with Gasteiger partial charge in [-0.15, -0.1) is 11.8 Å². The summed E-state index contributed by atoms with van der Waals surface area (Å²) in [5, 5.41) is 13.9. The first kappa shape index (κ1) is 10.4. The first-order valence-electron chi connectivity index (χ1n) is 4.35. The average Bonchev–Trinajstić information content (AvgIpc) is 2.45. The Balaban J connectivity index is 2.59. The summed E-state index contributed by atoms with van der Waals surface area (Å²) in [7, 11) is 0. The van der Waals surface area contributed by atoms with E-state index in [4.69, 9.17) is 10.8 Å². The predicted octanol–water partition coefficient (Wildman–Crippen LogP) is 0.960. The van der Waals surface area contributed by atoms with E-state index >= 15 is 0 Å². The normalized spacial score (nSPS) is 10.6. The highest BCUT2D eigenvalue weighted by Crippen LogP contribution is 2.19. The van der Waals surface area contributed by atoms with Gasteiger partial charge in [0.2, 0.25) is 0 Å². The number of hydrogen-bond donors (Lipinski definition) is 2. The third kappa shape index (κ3) is 2.93. The maximum atomic E-state index is 8.71. The molecule has 0 aliphatic heterocycles. The van der Waals surface area contributed by atoms with Crippen LogP contribution in [0.2, 0.25) is 0 Å². The van der Waals surface area contributed by atoms with Crippen molar-refractivity contribution in [1.82, 2.24) is 9.78 Å². The molecule has 1 heterocycles. The van der Waals surface area contributed by atoms with Crippen LogP contribution in [0.4, 0.5) is 5.82 Å². The molecule has 0 spiro atoms. The third-order valence-electron chi connectivity index (χ3n) is 1.55. The van der Waals surface area contributed by atoms with E-state index in [1.54, 1.807) is 16.4 Å². The van der Waals surface area contributed by atoms with Gasteiger partial charge in [0.25, 0.3) is 0 Å². The lowest BCUT2D eigenvalue weighted by Gasteiger charge is -1.98. The number of rotatable bonds is 5. The zero-order valence-corrected chi connectivity index (χ0v) is 8.55. The summed E-state index contributed by atoms with van der Waals surface area (Å²) >= 11 is 1.69. The number of aromatic nitrogens is 2. The van der Waals surface area contributed by atoms with Gasteiger partial charge >= 0.3 is 0 Å². The molecule has 0 bridgehead atoms. The Morgan fingerprint density at radius 3 is 3.08 bits per heavy atom. The standard InChI is InChI=1S/C8H15N3OS/c1-2-5-13-8-6-7(9)11(10-8)3-4-12/h6,12H,2-5,9H2,1H3. The zero-order chi connectivity index (χ0) is 9.68. The minimum atomic E-state index is 0.0732. The molecule has 0 radical (unpaired) electrons. The quantitative estimate of drug-likeness (QED) is 0.696. The number of thioether (sulfide) groups is 1. The van der Waals surface area contributed by atoms with Crippen LogP contribution in [0.25, 0.3) is 0 Å². The van der Waals surface area contributed by atoms with Crippen LogP contribution in [-0.2, 0) is 6.54 Å². The van der Waals surface area contributed by atoms with Crippen molar-refractivity contribution in [2.75, 3.05) is 18.1 Å². The molecule has 0 unspecified atom stereocenters. The minimum absolute atomic E-state index is 0.0732. The Morgan fingerprint density at radius 2 is 2.46 bits per heavy atom. The average molecular weight is 201 g/mol. The minimum Gasteiger partial charge on any atom is -0.394 e. The number of hydrogen-bond acceptors (Lipinski definition) is 4. The summed E-state index contributed by atoms with van der Waals surface area (Å²) in [6.45, 7) is 2.67. The summed E-state index contributed by atoms with van der Waals surface area (Å²) < 4.78 is 1.62. The number of nitrogens with two attached hydrogens (primary N) is 1. The van der Waals surface area contributed by atoms with E-state index in [2.05, 4.69) is 12.0 Å².